The van der Waals surface area contributed by atoms with Gasteiger partial charge in [0.2, 0.25) is 0 Å². The molecule has 0 bridgehead atoms. The molecule has 1 aliphatic heterocycles. The minimum atomic E-state index is -1.02. The van der Waals surface area contributed by atoms with Crippen LogP contribution in [0.25, 0.3) is 16.8 Å². The zero-order valence-corrected chi connectivity index (χ0v) is 18.5. The second-order valence-corrected chi connectivity index (χ2v) is 7.97. The summed E-state index contributed by atoms with van der Waals surface area (Å²) in [5.74, 6) is -1.52. The number of benzene rings is 4. The minimum absolute atomic E-state index is 0.0112. The van der Waals surface area contributed by atoms with E-state index >= 15 is 0 Å². The van der Waals surface area contributed by atoms with Gasteiger partial charge in [0.1, 0.15) is 17.9 Å². The highest BCUT2D eigenvalue weighted by Gasteiger charge is 2.34. The molecule has 7 nitrogen and oxygen atoms in total. The molecule has 1 saturated heterocycles. The molecule has 1 heterocycles. The number of para-hydroxylation sites is 1. The SMILES string of the molecule is O=C1NN(c2ccccc2)C(=O)/C1=C\c1c(OCc2cccc(C(=O)O)c2)ccc2ccccc12. The number of amides is 2. The molecule has 7 heteroatoms. The van der Waals surface area contributed by atoms with Gasteiger partial charge in [0, 0.05) is 5.56 Å². The van der Waals surface area contributed by atoms with Gasteiger partial charge >= 0.3 is 5.97 Å². The second kappa shape index (κ2) is 9.15. The van der Waals surface area contributed by atoms with E-state index in [-0.39, 0.29) is 17.7 Å². The molecule has 0 spiro atoms. The molecule has 1 fully saturated rings. The van der Waals surface area contributed by atoms with Crippen molar-refractivity contribution in [2.24, 2.45) is 0 Å². The van der Waals surface area contributed by atoms with Crippen molar-refractivity contribution in [2.75, 3.05) is 5.01 Å². The molecule has 35 heavy (non-hydrogen) atoms. The van der Waals surface area contributed by atoms with Crippen molar-refractivity contribution >= 4 is 40.3 Å². The van der Waals surface area contributed by atoms with E-state index in [4.69, 9.17) is 4.74 Å². The van der Waals surface area contributed by atoms with Crippen LogP contribution < -0.4 is 15.2 Å². The van der Waals surface area contributed by atoms with Gasteiger partial charge in [-0.15, -0.1) is 0 Å². The van der Waals surface area contributed by atoms with E-state index in [9.17, 15) is 19.5 Å². The predicted molar refractivity (Wildman–Crippen MR) is 132 cm³/mol. The molecule has 4 aromatic carbocycles. The highest BCUT2D eigenvalue weighted by atomic mass is 16.5. The molecule has 0 aliphatic carbocycles. The number of carbonyl (C=O) groups excluding carboxylic acids is 2. The fourth-order valence-corrected chi connectivity index (χ4v) is 3.97. The fraction of sp³-hybridized carbons (Fsp3) is 0.0357. The first-order valence-corrected chi connectivity index (χ1v) is 10.9. The Morgan fingerprint density at radius 1 is 0.914 bits per heavy atom. The van der Waals surface area contributed by atoms with Crippen LogP contribution in [0.15, 0.2) is 96.6 Å². The number of ether oxygens (including phenoxy) is 1. The normalized spacial score (nSPS) is 14.4. The lowest BCUT2D eigenvalue weighted by Crippen LogP contribution is -2.35. The number of nitrogens with one attached hydrogen (secondary N) is 1. The molecular weight excluding hydrogens is 444 g/mol. The lowest BCUT2D eigenvalue weighted by molar-refractivity contribution is -0.117. The van der Waals surface area contributed by atoms with Crippen LogP contribution in [0, 0.1) is 0 Å². The van der Waals surface area contributed by atoms with E-state index in [1.807, 2.05) is 36.4 Å². The Hall–Kier alpha value is -4.91. The number of hydrogen-bond donors (Lipinski definition) is 2. The minimum Gasteiger partial charge on any atom is -0.488 e. The van der Waals surface area contributed by atoms with Gasteiger partial charge in [-0.25, -0.2) is 9.80 Å². The molecule has 5 rings (SSSR count). The van der Waals surface area contributed by atoms with Crippen molar-refractivity contribution in [3.8, 4) is 5.75 Å². The Bertz CT molecular complexity index is 1490. The summed E-state index contributed by atoms with van der Waals surface area (Å²) in [6, 6.07) is 26.6. The van der Waals surface area contributed by atoms with Gasteiger partial charge in [-0.05, 0) is 52.7 Å². The molecule has 0 aromatic heterocycles. The van der Waals surface area contributed by atoms with Crippen molar-refractivity contribution < 1.29 is 24.2 Å². The van der Waals surface area contributed by atoms with Crippen LogP contribution in [-0.2, 0) is 16.2 Å². The molecule has 1 aliphatic rings. The van der Waals surface area contributed by atoms with E-state index in [1.165, 1.54) is 11.1 Å². The summed E-state index contributed by atoms with van der Waals surface area (Å²) in [5.41, 5.74) is 4.60. The van der Waals surface area contributed by atoms with Crippen LogP contribution >= 0.6 is 0 Å². The summed E-state index contributed by atoms with van der Waals surface area (Å²) < 4.78 is 6.06. The zero-order valence-electron chi connectivity index (χ0n) is 18.5. The van der Waals surface area contributed by atoms with E-state index in [1.54, 1.807) is 54.6 Å². The summed E-state index contributed by atoms with van der Waals surface area (Å²) in [6.07, 6.45) is 1.55. The Labute approximate surface area is 200 Å². The molecule has 0 radical (unpaired) electrons. The van der Waals surface area contributed by atoms with Crippen molar-refractivity contribution in [1.29, 1.82) is 0 Å². The summed E-state index contributed by atoms with van der Waals surface area (Å²) in [6.45, 7) is 0.117. The quantitative estimate of drug-likeness (QED) is 0.322. The predicted octanol–water partition coefficient (Wildman–Crippen LogP) is 4.58. The second-order valence-electron chi connectivity index (χ2n) is 7.97. The maximum atomic E-state index is 13.1. The van der Waals surface area contributed by atoms with Crippen LogP contribution in [0.5, 0.6) is 5.75 Å². The first-order valence-electron chi connectivity index (χ1n) is 10.9. The number of aromatic carboxylic acids is 1. The summed E-state index contributed by atoms with van der Waals surface area (Å²) >= 11 is 0. The third-order valence-electron chi connectivity index (χ3n) is 5.69. The number of fused-ring (bicyclic) bond motifs is 1. The van der Waals surface area contributed by atoms with Gasteiger partial charge in [0.25, 0.3) is 11.8 Å². The Kier molecular flexibility index (Phi) is 5.73. The third kappa shape index (κ3) is 4.35. The molecule has 172 valence electrons. The first kappa shape index (κ1) is 21.9. The molecule has 2 amide bonds. The van der Waals surface area contributed by atoms with Crippen LogP contribution in [0.2, 0.25) is 0 Å². The number of anilines is 1. The molecule has 0 atom stereocenters. The number of carboxylic acids is 1. The topological polar surface area (TPSA) is 95.9 Å². The van der Waals surface area contributed by atoms with Gasteiger partial charge in [0.15, 0.2) is 0 Å². The average Bonchev–Trinajstić information content (AvgIpc) is 3.17. The molecule has 2 N–H and O–H groups in total. The Morgan fingerprint density at radius 3 is 2.49 bits per heavy atom. The molecule has 0 saturated carbocycles. The van der Waals surface area contributed by atoms with Crippen LogP contribution in [0.1, 0.15) is 21.5 Å². The first-order chi connectivity index (χ1) is 17.0. The summed E-state index contributed by atoms with van der Waals surface area (Å²) in [7, 11) is 0. The van der Waals surface area contributed by atoms with E-state index in [2.05, 4.69) is 5.43 Å². The Balaban J connectivity index is 1.53. The highest BCUT2D eigenvalue weighted by Crippen LogP contribution is 2.32. The zero-order chi connectivity index (χ0) is 24.4. The monoisotopic (exact) mass is 464 g/mol. The van der Waals surface area contributed by atoms with Gasteiger partial charge in [0.05, 0.1) is 11.3 Å². The number of nitrogens with zero attached hydrogens (tertiary/aromatic N) is 1. The number of carboxylic acid groups (broad SMARTS) is 1. The average molecular weight is 464 g/mol. The third-order valence-corrected chi connectivity index (χ3v) is 5.69. The lowest BCUT2D eigenvalue weighted by Gasteiger charge is -2.14. The largest absolute Gasteiger partial charge is 0.488 e. The van der Waals surface area contributed by atoms with Crippen molar-refractivity contribution in [3.63, 3.8) is 0 Å². The number of hydrazine groups is 1. The van der Waals surface area contributed by atoms with Crippen LogP contribution in [0.3, 0.4) is 0 Å². The lowest BCUT2D eigenvalue weighted by atomic mass is 10.0. The fourth-order valence-electron chi connectivity index (χ4n) is 3.97. The van der Waals surface area contributed by atoms with Gasteiger partial charge in [-0.2, -0.15) is 0 Å². The van der Waals surface area contributed by atoms with Crippen molar-refractivity contribution in [1.82, 2.24) is 5.43 Å². The summed E-state index contributed by atoms with van der Waals surface area (Å²) in [5, 5.41) is 12.2. The van der Waals surface area contributed by atoms with Crippen molar-refractivity contribution in [2.45, 2.75) is 6.61 Å². The highest BCUT2D eigenvalue weighted by molar-refractivity contribution is 6.32. The molecular formula is C28H20N2O5. The maximum absolute atomic E-state index is 13.1. The maximum Gasteiger partial charge on any atom is 0.335 e. The van der Waals surface area contributed by atoms with E-state index in [0.717, 1.165) is 10.8 Å². The van der Waals surface area contributed by atoms with Crippen LogP contribution in [0.4, 0.5) is 5.69 Å². The number of hydrogen-bond acceptors (Lipinski definition) is 4. The van der Waals surface area contributed by atoms with Crippen LogP contribution in [-0.4, -0.2) is 22.9 Å². The van der Waals surface area contributed by atoms with Gasteiger partial charge in [-0.3, -0.25) is 15.0 Å². The van der Waals surface area contributed by atoms with Gasteiger partial charge < -0.3 is 9.84 Å². The number of rotatable bonds is 6. The van der Waals surface area contributed by atoms with Gasteiger partial charge in [-0.1, -0.05) is 60.7 Å². The smallest absolute Gasteiger partial charge is 0.335 e. The van der Waals surface area contributed by atoms with E-state index < -0.39 is 17.8 Å². The Morgan fingerprint density at radius 2 is 1.69 bits per heavy atom. The molecule has 4 aromatic rings. The standard InChI is InChI=1S/C28H20N2O5/c31-26-24(27(32)30(29-26)21-10-2-1-3-11-21)16-23-22-12-5-4-8-19(22)13-14-25(23)35-17-18-7-6-9-20(15-18)28(33)34/h1-16H,17H2,(H,29,31)(H,33,34)/b24-16-. The molecule has 0 unspecified atom stereocenters. The van der Waals surface area contributed by atoms with Crippen molar-refractivity contribution in [3.05, 3.63) is 113 Å². The van der Waals surface area contributed by atoms with E-state index in [0.29, 0.717) is 22.6 Å². The number of carbonyl (C=O) groups is 3. The summed E-state index contributed by atoms with van der Waals surface area (Å²) in [4.78, 5) is 37.2.